The van der Waals surface area contributed by atoms with E-state index >= 15 is 0 Å². The molecule has 162 valence electrons. The van der Waals surface area contributed by atoms with Gasteiger partial charge < -0.3 is 5.11 Å². The van der Waals surface area contributed by atoms with E-state index in [0.29, 0.717) is 17.2 Å². The van der Waals surface area contributed by atoms with Gasteiger partial charge in [0.1, 0.15) is 5.75 Å². The Morgan fingerprint density at radius 3 is 1.53 bits per heavy atom. The van der Waals surface area contributed by atoms with Gasteiger partial charge >= 0.3 is 12.4 Å². The molecule has 0 heterocycles. The third-order valence-electron chi connectivity index (χ3n) is 4.40. The molecule has 0 aliphatic carbocycles. The number of halogens is 6. The Bertz CT molecular complexity index is 1190. The maximum absolute atomic E-state index is 13.4. The Morgan fingerprint density at radius 2 is 1.06 bits per heavy atom. The summed E-state index contributed by atoms with van der Waals surface area (Å²) in [5, 5.41) is 10.6. The first-order valence-electron chi connectivity index (χ1n) is 9.21. The van der Waals surface area contributed by atoms with Crippen LogP contribution in [0.4, 0.5) is 26.3 Å². The zero-order valence-electron chi connectivity index (χ0n) is 16.2. The molecule has 0 saturated carbocycles. The number of phenolic OH excluding ortho intramolecular Hbond substituents is 1. The average molecular weight is 444 g/mol. The third kappa shape index (κ3) is 5.44. The first kappa shape index (κ1) is 22.8. The molecule has 0 aliphatic rings. The van der Waals surface area contributed by atoms with Gasteiger partial charge in [0.05, 0.1) is 11.1 Å². The van der Waals surface area contributed by atoms with Crippen LogP contribution in [0.25, 0.3) is 0 Å². The Kier molecular flexibility index (Phi) is 6.50. The summed E-state index contributed by atoms with van der Waals surface area (Å²) in [6, 6.07) is 18.1. The van der Waals surface area contributed by atoms with Crippen LogP contribution in [0.15, 0.2) is 72.8 Å². The molecule has 3 aromatic carbocycles. The minimum absolute atomic E-state index is 0.141. The zero-order valence-corrected chi connectivity index (χ0v) is 16.2. The topological polar surface area (TPSA) is 20.2 Å². The molecule has 32 heavy (non-hydrogen) atoms. The average Bonchev–Trinajstić information content (AvgIpc) is 2.72. The van der Waals surface area contributed by atoms with Crippen LogP contribution in [0, 0.1) is 23.7 Å². The monoisotopic (exact) mass is 444 g/mol. The number of phenols is 1. The third-order valence-corrected chi connectivity index (χ3v) is 4.40. The summed E-state index contributed by atoms with van der Waals surface area (Å²) in [5.41, 5.74) is -1.19. The number of rotatable bonds is 1. The van der Waals surface area contributed by atoms with E-state index in [9.17, 15) is 31.4 Å². The molecule has 0 saturated heterocycles. The fraction of sp³-hybridized carbons (Fsp3) is 0.120. The van der Waals surface area contributed by atoms with E-state index in [2.05, 4.69) is 23.7 Å². The van der Waals surface area contributed by atoms with Crippen LogP contribution in [-0.2, 0) is 0 Å². The van der Waals surface area contributed by atoms with Crippen molar-refractivity contribution >= 4 is 0 Å². The van der Waals surface area contributed by atoms with Crippen LogP contribution < -0.4 is 0 Å². The van der Waals surface area contributed by atoms with E-state index < -0.39 is 35.1 Å². The lowest BCUT2D eigenvalue weighted by atomic mass is 9.90. The maximum atomic E-state index is 13.4. The Morgan fingerprint density at radius 1 is 0.594 bits per heavy atom. The first-order chi connectivity index (χ1) is 15.1. The van der Waals surface area contributed by atoms with Crippen molar-refractivity contribution in [2.75, 3.05) is 0 Å². The quantitative estimate of drug-likeness (QED) is 0.340. The van der Waals surface area contributed by atoms with Crippen molar-refractivity contribution in [1.29, 1.82) is 0 Å². The molecule has 0 fully saturated rings. The molecule has 3 aromatic rings. The van der Waals surface area contributed by atoms with E-state index in [4.69, 9.17) is 0 Å². The normalized spacial score (nSPS) is 11.3. The second-order valence-corrected chi connectivity index (χ2v) is 6.67. The van der Waals surface area contributed by atoms with Gasteiger partial charge in [0.2, 0.25) is 0 Å². The van der Waals surface area contributed by atoms with E-state index in [1.165, 1.54) is 12.1 Å². The smallest absolute Gasteiger partial charge is 0.404 e. The zero-order chi connectivity index (χ0) is 23.4. The molecular formula is C25H14F6O. The van der Waals surface area contributed by atoms with Gasteiger partial charge in [0.25, 0.3) is 0 Å². The van der Waals surface area contributed by atoms with Gasteiger partial charge in [-0.3, -0.25) is 0 Å². The fourth-order valence-corrected chi connectivity index (χ4v) is 2.93. The van der Waals surface area contributed by atoms with Gasteiger partial charge in [-0.15, -0.1) is 0 Å². The SMILES string of the molecule is Oc1c(C#Cc2ccccc2)ccc(C(C(F)(F)F)C(F)(F)F)c1C#Cc1ccccc1. The van der Waals surface area contributed by atoms with Crippen LogP contribution >= 0.6 is 0 Å². The number of alkyl halides is 6. The summed E-state index contributed by atoms with van der Waals surface area (Å²) < 4.78 is 80.2. The van der Waals surface area contributed by atoms with E-state index in [1.807, 2.05) is 0 Å². The second kappa shape index (κ2) is 9.11. The highest BCUT2D eigenvalue weighted by Crippen LogP contribution is 2.48. The van der Waals surface area contributed by atoms with Gasteiger partial charge in [-0.05, 0) is 35.9 Å². The van der Waals surface area contributed by atoms with Gasteiger partial charge in [0, 0.05) is 11.1 Å². The van der Waals surface area contributed by atoms with Crippen LogP contribution in [0.2, 0.25) is 0 Å². The lowest BCUT2D eigenvalue weighted by Gasteiger charge is -2.24. The first-order valence-corrected chi connectivity index (χ1v) is 9.21. The highest BCUT2D eigenvalue weighted by molar-refractivity contribution is 5.62. The summed E-state index contributed by atoms with van der Waals surface area (Å²) in [7, 11) is 0. The summed E-state index contributed by atoms with van der Waals surface area (Å²) in [6.07, 6.45) is -11.3. The van der Waals surface area contributed by atoms with Crippen molar-refractivity contribution in [3.63, 3.8) is 0 Å². The molecule has 0 amide bonds. The number of hydrogen-bond acceptors (Lipinski definition) is 1. The van der Waals surface area contributed by atoms with Crippen molar-refractivity contribution in [1.82, 2.24) is 0 Å². The summed E-state index contributed by atoms with van der Waals surface area (Å²) >= 11 is 0. The predicted octanol–water partition coefficient (Wildman–Crippen LogP) is 6.40. The molecule has 0 bridgehead atoms. The molecule has 3 rings (SSSR count). The molecule has 7 heteroatoms. The van der Waals surface area contributed by atoms with Crippen LogP contribution in [0.1, 0.15) is 33.7 Å². The molecule has 0 unspecified atom stereocenters. The van der Waals surface area contributed by atoms with E-state index in [-0.39, 0.29) is 5.56 Å². The van der Waals surface area contributed by atoms with Crippen molar-refractivity contribution in [2.24, 2.45) is 0 Å². The standard InChI is InChI=1S/C25H14F6O/c26-24(27,28)23(25(29,30)31)21-16-14-19(13-11-17-7-3-1-4-8-17)22(32)20(21)15-12-18-9-5-2-6-10-18/h1-10,14,16,23,32H. The van der Waals surface area contributed by atoms with Crippen molar-refractivity contribution in [3.05, 3.63) is 101 Å². The van der Waals surface area contributed by atoms with E-state index in [1.54, 1.807) is 48.5 Å². The molecule has 0 spiro atoms. The minimum atomic E-state index is -5.63. The summed E-state index contributed by atoms with van der Waals surface area (Å²) in [5.74, 6) is 5.44. The molecule has 0 aliphatic heterocycles. The van der Waals surface area contributed by atoms with Crippen LogP contribution in [0.3, 0.4) is 0 Å². The second-order valence-electron chi connectivity index (χ2n) is 6.67. The highest BCUT2D eigenvalue weighted by Gasteiger charge is 2.58. The van der Waals surface area contributed by atoms with Crippen LogP contribution in [0.5, 0.6) is 5.75 Å². The Balaban J connectivity index is 2.20. The number of hydrogen-bond donors (Lipinski definition) is 1. The van der Waals surface area contributed by atoms with Crippen molar-refractivity contribution in [3.8, 4) is 29.4 Å². The lowest BCUT2D eigenvalue weighted by Crippen LogP contribution is -2.34. The molecule has 0 aromatic heterocycles. The fourth-order valence-electron chi connectivity index (χ4n) is 2.93. The minimum Gasteiger partial charge on any atom is -0.505 e. The lowest BCUT2D eigenvalue weighted by molar-refractivity contribution is -0.253. The summed E-state index contributed by atoms with van der Waals surface area (Å²) in [6.45, 7) is 0. The highest BCUT2D eigenvalue weighted by atomic mass is 19.4. The summed E-state index contributed by atoms with van der Waals surface area (Å²) in [4.78, 5) is 0. The number of aromatic hydroxyl groups is 1. The number of benzene rings is 3. The molecular weight excluding hydrogens is 430 g/mol. The van der Waals surface area contributed by atoms with Gasteiger partial charge in [-0.25, -0.2) is 0 Å². The van der Waals surface area contributed by atoms with Gasteiger partial charge in [-0.1, -0.05) is 66.1 Å². The van der Waals surface area contributed by atoms with E-state index in [0.717, 1.165) is 6.07 Å². The van der Waals surface area contributed by atoms with Crippen LogP contribution in [-0.4, -0.2) is 17.5 Å². The van der Waals surface area contributed by atoms with Crippen molar-refractivity contribution in [2.45, 2.75) is 18.3 Å². The van der Waals surface area contributed by atoms with Gasteiger partial charge in [-0.2, -0.15) is 26.3 Å². The van der Waals surface area contributed by atoms with Gasteiger partial charge in [0.15, 0.2) is 5.92 Å². The Labute approximate surface area is 180 Å². The maximum Gasteiger partial charge on any atom is 0.404 e. The van der Waals surface area contributed by atoms with Crippen molar-refractivity contribution < 1.29 is 31.4 Å². The molecule has 0 radical (unpaired) electrons. The largest absolute Gasteiger partial charge is 0.505 e. The predicted molar refractivity (Wildman–Crippen MR) is 108 cm³/mol. The molecule has 1 N–H and O–H groups in total. The Hall–Kier alpha value is -3.84. The molecule has 0 atom stereocenters. The molecule has 1 nitrogen and oxygen atoms in total.